The molecule has 0 saturated heterocycles. The molecule has 3 N–H and O–H groups in total. The number of halogens is 1. The minimum atomic E-state index is -1.12. The topological polar surface area (TPSA) is 91.3 Å². The fourth-order valence-electron chi connectivity index (χ4n) is 1.82. The summed E-state index contributed by atoms with van der Waals surface area (Å²) in [5.74, 6) is -0.261. The molecule has 0 saturated carbocycles. The van der Waals surface area contributed by atoms with Gasteiger partial charge in [0.05, 0.1) is 0 Å². The van der Waals surface area contributed by atoms with Gasteiger partial charge in [-0.15, -0.1) is 0 Å². The lowest BCUT2D eigenvalue weighted by Crippen LogP contribution is -2.31. The first kappa shape index (κ1) is 19.6. The standard InChI is InChI=1S/C16H18ClN3O3S2/c1-9(2)7-18-16(23)19-13-12(15(21)22)14(20-25-13)24-8-10-3-5-11(17)6-4-10/h3-6,9H,7-8H2,1-2H3,(H,21,22)(H2,18,19,23). The summed E-state index contributed by atoms with van der Waals surface area (Å²) in [6.07, 6.45) is 0. The second kappa shape index (κ2) is 9.07. The van der Waals surface area contributed by atoms with E-state index >= 15 is 0 Å². The summed E-state index contributed by atoms with van der Waals surface area (Å²) < 4.78 is 4.17. The zero-order valence-corrected chi connectivity index (χ0v) is 16.1. The average Bonchev–Trinajstić information content (AvgIpc) is 2.95. The van der Waals surface area contributed by atoms with E-state index < -0.39 is 12.0 Å². The second-order valence-corrected chi connectivity index (χ2v) is 7.81. The highest BCUT2D eigenvalue weighted by Gasteiger charge is 2.22. The Morgan fingerprint density at radius 2 is 2.00 bits per heavy atom. The number of benzene rings is 1. The summed E-state index contributed by atoms with van der Waals surface area (Å²) in [6.45, 7) is 4.45. The van der Waals surface area contributed by atoms with Crippen LogP contribution in [0.15, 0.2) is 29.3 Å². The van der Waals surface area contributed by atoms with E-state index in [1.54, 1.807) is 12.1 Å². The lowest BCUT2D eigenvalue weighted by molar-refractivity contribution is 0.0694. The minimum Gasteiger partial charge on any atom is -0.477 e. The molecule has 1 aromatic carbocycles. The maximum atomic E-state index is 11.9. The van der Waals surface area contributed by atoms with Crippen molar-refractivity contribution in [3.8, 4) is 0 Å². The maximum Gasteiger partial charge on any atom is 0.341 e. The van der Waals surface area contributed by atoms with Gasteiger partial charge in [-0.05, 0) is 35.1 Å². The number of nitrogens with zero attached hydrogens (tertiary/aromatic N) is 1. The first-order valence-corrected chi connectivity index (χ1v) is 9.65. The van der Waals surface area contributed by atoms with Crippen LogP contribution in [0, 0.1) is 5.92 Å². The van der Waals surface area contributed by atoms with Crippen molar-refractivity contribution >= 4 is 51.9 Å². The van der Waals surface area contributed by atoms with E-state index in [9.17, 15) is 14.7 Å². The third kappa shape index (κ3) is 5.91. The highest BCUT2D eigenvalue weighted by Crippen LogP contribution is 2.33. The summed E-state index contributed by atoms with van der Waals surface area (Å²) in [6, 6.07) is 6.88. The minimum absolute atomic E-state index is 0.0173. The molecule has 0 aliphatic rings. The van der Waals surface area contributed by atoms with Crippen LogP contribution in [0.25, 0.3) is 0 Å². The zero-order chi connectivity index (χ0) is 18.4. The summed E-state index contributed by atoms with van der Waals surface area (Å²) in [5.41, 5.74) is 1.02. The highest BCUT2D eigenvalue weighted by atomic mass is 35.5. The number of thioether (sulfide) groups is 1. The molecule has 1 aromatic heterocycles. The molecule has 6 nitrogen and oxygen atoms in total. The van der Waals surface area contributed by atoms with Gasteiger partial charge >= 0.3 is 12.0 Å². The highest BCUT2D eigenvalue weighted by molar-refractivity contribution is 7.98. The second-order valence-electron chi connectivity index (χ2n) is 5.64. The Morgan fingerprint density at radius 3 is 2.60 bits per heavy atom. The molecule has 0 unspecified atom stereocenters. The van der Waals surface area contributed by atoms with E-state index in [4.69, 9.17) is 11.6 Å². The monoisotopic (exact) mass is 399 g/mol. The van der Waals surface area contributed by atoms with E-state index in [-0.39, 0.29) is 10.6 Å². The molecule has 25 heavy (non-hydrogen) atoms. The van der Waals surface area contributed by atoms with Gasteiger partial charge in [0.1, 0.15) is 15.6 Å². The van der Waals surface area contributed by atoms with Gasteiger partial charge in [-0.25, -0.2) is 9.59 Å². The number of hydrogen-bond donors (Lipinski definition) is 3. The average molecular weight is 400 g/mol. The van der Waals surface area contributed by atoms with E-state index in [0.29, 0.717) is 28.3 Å². The molecule has 0 aliphatic heterocycles. The molecular weight excluding hydrogens is 382 g/mol. The van der Waals surface area contributed by atoms with Crippen molar-refractivity contribution in [3.05, 3.63) is 40.4 Å². The van der Waals surface area contributed by atoms with E-state index in [1.165, 1.54) is 11.8 Å². The molecule has 0 bridgehead atoms. The van der Waals surface area contributed by atoms with Crippen molar-refractivity contribution in [2.24, 2.45) is 5.92 Å². The Hall–Kier alpha value is -1.77. The van der Waals surface area contributed by atoms with Crippen LogP contribution < -0.4 is 10.6 Å². The van der Waals surface area contributed by atoms with Gasteiger partial charge in [0.2, 0.25) is 0 Å². The number of carbonyl (C=O) groups is 2. The molecule has 0 atom stereocenters. The van der Waals surface area contributed by atoms with E-state index in [2.05, 4.69) is 15.0 Å². The Labute approximate surface area is 159 Å². The number of rotatable bonds is 7. The normalized spacial score (nSPS) is 10.7. The molecule has 2 rings (SSSR count). The van der Waals surface area contributed by atoms with Gasteiger partial charge in [-0.3, -0.25) is 5.32 Å². The number of anilines is 1. The van der Waals surface area contributed by atoms with Crippen molar-refractivity contribution in [1.82, 2.24) is 9.69 Å². The molecular formula is C16H18ClN3O3S2. The van der Waals surface area contributed by atoms with Crippen molar-refractivity contribution < 1.29 is 14.7 Å². The van der Waals surface area contributed by atoms with Crippen LogP contribution in [0.5, 0.6) is 0 Å². The van der Waals surface area contributed by atoms with Crippen LogP contribution in [0.2, 0.25) is 5.02 Å². The number of amides is 2. The Balaban J connectivity index is 2.06. The lowest BCUT2D eigenvalue weighted by atomic mass is 10.2. The maximum absolute atomic E-state index is 11.9. The van der Waals surface area contributed by atoms with Gasteiger partial charge in [0.25, 0.3) is 0 Å². The number of carboxylic acid groups (broad SMARTS) is 1. The van der Waals surface area contributed by atoms with Gasteiger partial charge in [-0.1, -0.05) is 49.3 Å². The summed E-state index contributed by atoms with van der Waals surface area (Å²) in [4.78, 5) is 23.4. The number of urea groups is 1. The molecule has 9 heteroatoms. The number of nitrogens with one attached hydrogen (secondary N) is 2. The van der Waals surface area contributed by atoms with Crippen molar-refractivity contribution in [1.29, 1.82) is 0 Å². The Morgan fingerprint density at radius 1 is 1.32 bits per heavy atom. The van der Waals surface area contributed by atoms with Gasteiger partial charge in [0.15, 0.2) is 0 Å². The molecule has 0 aliphatic carbocycles. The molecule has 1 heterocycles. The predicted octanol–water partition coefficient (Wildman–Crippen LogP) is 4.56. The van der Waals surface area contributed by atoms with Crippen LogP contribution in [0.3, 0.4) is 0 Å². The molecule has 134 valence electrons. The van der Waals surface area contributed by atoms with Crippen molar-refractivity contribution in [2.75, 3.05) is 11.9 Å². The van der Waals surface area contributed by atoms with Crippen LogP contribution in [-0.4, -0.2) is 28.0 Å². The number of hydrogen-bond acceptors (Lipinski definition) is 5. The zero-order valence-electron chi connectivity index (χ0n) is 13.7. The third-order valence-electron chi connectivity index (χ3n) is 3.06. The number of carbonyl (C=O) groups excluding carboxylic acids is 1. The number of carboxylic acids is 1. The fraction of sp³-hybridized carbons (Fsp3) is 0.312. The predicted molar refractivity (Wildman–Crippen MR) is 102 cm³/mol. The molecule has 2 amide bonds. The van der Waals surface area contributed by atoms with Crippen molar-refractivity contribution in [3.63, 3.8) is 0 Å². The van der Waals surface area contributed by atoms with Gasteiger partial charge in [0, 0.05) is 17.3 Å². The fourth-order valence-corrected chi connectivity index (χ4v) is 3.85. The number of aromatic nitrogens is 1. The summed E-state index contributed by atoms with van der Waals surface area (Å²) >= 11 is 8.12. The van der Waals surface area contributed by atoms with Crippen LogP contribution in [0.1, 0.15) is 29.8 Å². The first-order valence-electron chi connectivity index (χ1n) is 7.52. The van der Waals surface area contributed by atoms with Crippen molar-refractivity contribution in [2.45, 2.75) is 24.6 Å². The van der Waals surface area contributed by atoms with E-state index in [1.807, 2.05) is 26.0 Å². The van der Waals surface area contributed by atoms with Crippen LogP contribution >= 0.6 is 34.9 Å². The molecule has 2 aromatic rings. The largest absolute Gasteiger partial charge is 0.477 e. The molecule has 0 fully saturated rings. The van der Waals surface area contributed by atoms with Gasteiger partial charge < -0.3 is 10.4 Å². The quantitative estimate of drug-likeness (QED) is 0.593. The third-order valence-corrected chi connectivity index (χ3v) is 5.24. The van der Waals surface area contributed by atoms with Gasteiger partial charge in [-0.2, -0.15) is 4.37 Å². The summed E-state index contributed by atoms with van der Waals surface area (Å²) in [7, 11) is 0. The lowest BCUT2D eigenvalue weighted by Gasteiger charge is -2.08. The Kier molecular flexibility index (Phi) is 7.10. The molecule has 0 spiro atoms. The first-order chi connectivity index (χ1) is 11.9. The van der Waals surface area contributed by atoms with Crippen LogP contribution in [0.4, 0.5) is 9.80 Å². The SMILES string of the molecule is CC(C)CNC(=O)Nc1snc(SCc2ccc(Cl)cc2)c1C(=O)O. The van der Waals surface area contributed by atoms with Crippen LogP contribution in [-0.2, 0) is 5.75 Å². The van der Waals surface area contributed by atoms with E-state index in [0.717, 1.165) is 17.1 Å². The smallest absolute Gasteiger partial charge is 0.341 e. The summed E-state index contributed by atoms with van der Waals surface area (Å²) in [5, 5.41) is 16.0. The number of aromatic carboxylic acids is 1. The Bertz CT molecular complexity index is 748. The molecule has 0 radical (unpaired) electrons.